The van der Waals surface area contributed by atoms with Crippen LogP contribution in [-0.2, 0) is 11.3 Å². The van der Waals surface area contributed by atoms with E-state index in [1.807, 2.05) is 13.0 Å². The molecule has 2 rings (SSSR count). The highest BCUT2D eigenvalue weighted by atomic mass is 16.5. The molecule has 118 valence electrons. The molecule has 0 saturated heterocycles. The molecule has 0 amide bonds. The van der Waals surface area contributed by atoms with Crippen LogP contribution >= 0.6 is 0 Å². The average molecular weight is 292 g/mol. The minimum absolute atomic E-state index is 0.468. The van der Waals surface area contributed by atoms with Crippen LogP contribution in [-0.4, -0.2) is 29.7 Å². The minimum atomic E-state index is 0.468. The Bertz CT molecular complexity index is 394. The monoisotopic (exact) mass is 292 g/mol. The standard InChI is InChI=1S/C16H28N4O/c1-3-9-17-14-11-15(18-10-8-13-6-5-7-13)20-16(19-14)12-21-4-2/h11,13H,3-10,12H2,1-2H3,(H2,17,18,19,20). The summed E-state index contributed by atoms with van der Waals surface area (Å²) in [5.74, 6) is 3.44. The maximum absolute atomic E-state index is 5.42. The average Bonchev–Trinajstić information content (AvgIpc) is 2.45. The smallest absolute Gasteiger partial charge is 0.158 e. The first-order valence-electron chi connectivity index (χ1n) is 8.25. The van der Waals surface area contributed by atoms with E-state index < -0.39 is 0 Å². The zero-order valence-corrected chi connectivity index (χ0v) is 13.3. The second kappa shape index (κ2) is 8.82. The highest BCUT2D eigenvalue weighted by Gasteiger charge is 2.16. The Kier molecular flexibility index (Phi) is 6.73. The zero-order chi connectivity index (χ0) is 14.9. The van der Waals surface area contributed by atoms with Gasteiger partial charge >= 0.3 is 0 Å². The molecular weight excluding hydrogens is 264 g/mol. The number of aromatic nitrogens is 2. The van der Waals surface area contributed by atoms with Crippen LogP contribution in [0.4, 0.5) is 11.6 Å². The van der Waals surface area contributed by atoms with Gasteiger partial charge in [-0.1, -0.05) is 26.2 Å². The molecular formula is C16H28N4O. The Hall–Kier alpha value is -1.36. The summed E-state index contributed by atoms with van der Waals surface area (Å²) < 4.78 is 5.42. The van der Waals surface area contributed by atoms with Gasteiger partial charge < -0.3 is 15.4 Å². The summed E-state index contributed by atoms with van der Waals surface area (Å²) in [7, 11) is 0. The molecule has 0 radical (unpaired) electrons. The van der Waals surface area contributed by atoms with Gasteiger partial charge in [-0.25, -0.2) is 9.97 Å². The first kappa shape index (κ1) is 16.0. The van der Waals surface area contributed by atoms with E-state index in [-0.39, 0.29) is 0 Å². The molecule has 1 fully saturated rings. The molecule has 0 bridgehead atoms. The van der Waals surface area contributed by atoms with E-state index in [1.165, 1.54) is 25.7 Å². The molecule has 0 spiro atoms. The van der Waals surface area contributed by atoms with Crippen molar-refractivity contribution in [3.63, 3.8) is 0 Å². The van der Waals surface area contributed by atoms with Crippen LogP contribution in [0.25, 0.3) is 0 Å². The third-order valence-corrected chi connectivity index (χ3v) is 3.85. The predicted molar refractivity (Wildman–Crippen MR) is 86.6 cm³/mol. The van der Waals surface area contributed by atoms with Gasteiger partial charge in [0.15, 0.2) is 5.82 Å². The van der Waals surface area contributed by atoms with E-state index in [0.717, 1.165) is 42.9 Å². The SMILES string of the molecule is CCCNc1cc(NCCC2CCC2)nc(COCC)n1. The molecule has 1 aliphatic carbocycles. The molecule has 5 heteroatoms. The molecule has 5 nitrogen and oxygen atoms in total. The number of nitrogens with one attached hydrogen (secondary N) is 2. The lowest BCUT2D eigenvalue weighted by molar-refractivity contribution is 0.128. The molecule has 1 aromatic heterocycles. The quantitative estimate of drug-likeness (QED) is 0.692. The number of hydrogen-bond acceptors (Lipinski definition) is 5. The summed E-state index contributed by atoms with van der Waals surface area (Å²) in [5.41, 5.74) is 0. The van der Waals surface area contributed by atoms with E-state index >= 15 is 0 Å². The van der Waals surface area contributed by atoms with E-state index in [4.69, 9.17) is 4.74 Å². The van der Waals surface area contributed by atoms with Gasteiger partial charge in [0.2, 0.25) is 0 Å². The molecule has 1 aromatic rings. The number of anilines is 2. The van der Waals surface area contributed by atoms with Crippen molar-refractivity contribution in [2.45, 2.75) is 52.6 Å². The highest BCUT2D eigenvalue weighted by molar-refractivity contribution is 5.47. The van der Waals surface area contributed by atoms with E-state index in [0.29, 0.717) is 13.2 Å². The second-order valence-corrected chi connectivity index (χ2v) is 5.63. The maximum atomic E-state index is 5.42. The molecule has 1 aliphatic rings. The van der Waals surface area contributed by atoms with Crippen LogP contribution in [0.5, 0.6) is 0 Å². The van der Waals surface area contributed by atoms with Crippen LogP contribution in [0.15, 0.2) is 6.07 Å². The molecule has 21 heavy (non-hydrogen) atoms. The van der Waals surface area contributed by atoms with Crippen LogP contribution in [0.1, 0.15) is 51.8 Å². The van der Waals surface area contributed by atoms with Crippen molar-refractivity contribution in [2.75, 3.05) is 30.3 Å². The first-order chi connectivity index (χ1) is 10.3. The minimum Gasteiger partial charge on any atom is -0.374 e. The van der Waals surface area contributed by atoms with Crippen molar-refractivity contribution in [3.8, 4) is 0 Å². The third-order valence-electron chi connectivity index (χ3n) is 3.85. The summed E-state index contributed by atoms with van der Waals surface area (Å²) in [6.07, 6.45) is 6.51. The fourth-order valence-corrected chi connectivity index (χ4v) is 2.38. The number of hydrogen-bond donors (Lipinski definition) is 2. The Balaban J connectivity index is 1.91. The lowest BCUT2D eigenvalue weighted by Crippen LogP contribution is -2.16. The summed E-state index contributed by atoms with van der Waals surface area (Å²) in [5, 5.41) is 6.76. The van der Waals surface area contributed by atoms with E-state index in [2.05, 4.69) is 27.5 Å². The van der Waals surface area contributed by atoms with Crippen molar-refractivity contribution in [3.05, 3.63) is 11.9 Å². The van der Waals surface area contributed by atoms with Gasteiger partial charge in [0, 0.05) is 25.8 Å². The fraction of sp³-hybridized carbons (Fsp3) is 0.750. The lowest BCUT2D eigenvalue weighted by atomic mass is 9.83. The van der Waals surface area contributed by atoms with Crippen molar-refractivity contribution in [1.82, 2.24) is 9.97 Å². The topological polar surface area (TPSA) is 59.1 Å². The van der Waals surface area contributed by atoms with Crippen LogP contribution in [0.2, 0.25) is 0 Å². The summed E-state index contributed by atoms with van der Waals surface area (Å²) >= 11 is 0. The van der Waals surface area contributed by atoms with Crippen molar-refractivity contribution < 1.29 is 4.74 Å². The fourth-order valence-electron chi connectivity index (χ4n) is 2.38. The van der Waals surface area contributed by atoms with Gasteiger partial charge in [-0.2, -0.15) is 0 Å². The summed E-state index contributed by atoms with van der Waals surface area (Å²) in [4.78, 5) is 9.02. The van der Waals surface area contributed by atoms with Crippen molar-refractivity contribution in [2.24, 2.45) is 5.92 Å². The Labute approximate surface area is 127 Å². The Morgan fingerprint density at radius 3 is 2.43 bits per heavy atom. The summed E-state index contributed by atoms with van der Waals surface area (Å²) in [6, 6.07) is 1.99. The van der Waals surface area contributed by atoms with Gasteiger partial charge in [-0.05, 0) is 25.7 Å². The largest absolute Gasteiger partial charge is 0.374 e. The first-order valence-corrected chi connectivity index (χ1v) is 8.25. The number of nitrogens with zero attached hydrogens (tertiary/aromatic N) is 2. The lowest BCUT2D eigenvalue weighted by Gasteiger charge is -2.25. The van der Waals surface area contributed by atoms with E-state index in [9.17, 15) is 0 Å². The molecule has 1 heterocycles. The van der Waals surface area contributed by atoms with Gasteiger partial charge in [0.05, 0.1) is 0 Å². The maximum Gasteiger partial charge on any atom is 0.158 e. The van der Waals surface area contributed by atoms with Crippen molar-refractivity contribution >= 4 is 11.6 Å². The third kappa shape index (κ3) is 5.50. The van der Waals surface area contributed by atoms with E-state index in [1.54, 1.807) is 0 Å². The van der Waals surface area contributed by atoms with Gasteiger partial charge in [0.1, 0.15) is 18.2 Å². The molecule has 0 unspecified atom stereocenters. The normalized spacial score (nSPS) is 14.8. The van der Waals surface area contributed by atoms with Gasteiger partial charge in [0.25, 0.3) is 0 Å². The molecule has 0 atom stereocenters. The molecule has 0 aromatic carbocycles. The number of rotatable bonds is 10. The van der Waals surface area contributed by atoms with Gasteiger partial charge in [-0.3, -0.25) is 0 Å². The van der Waals surface area contributed by atoms with Gasteiger partial charge in [-0.15, -0.1) is 0 Å². The Morgan fingerprint density at radius 1 is 1.14 bits per heavy atom. The molecule has 0 aliphatic heterocycles. The predicted octanol–water partition coefficient (Wildman–Crippen LogP) is 3.44. The highest BCUT2D eigenvalue weighted by Crippen LogP contribution is 2.29. The molecule has 2 N–H and O–H groups in total. The van der Waals surface area contributed by atoms with Crippen LogP contribution in [0.3, 0.4) is 0 Å². The Morgan fingerprint density at radius 2 is 1.86 bits per heavy atom. The molecule has 1 saturated carbocycles. The van der Waals surface area contributed by atoms with Crippen LogP contribution in [0, 0.1) is 5.92 Å². The zero-order valence-electron chi connectivity index (χ0n) is 13.3. The van der Waals surface area contributed by atoms with Crippen molar-refractivity contribution in [1.29, 1.82) is 0 Å². The van der Waals surface area contributed by atoms with Crippen LogP contribution < -0.4 is 10.6 Å². The number of ether oxygens (including phenoxy) is 1. The second-order valence-electron chi connectivity index (χ2n) is 5.63. The summed E-state index contributed by atoms with van der Waals surface area (Å²) in [6.45, 7) is 7.19.